The van der Waals surface area contributed by atoms with Crippen molar-refractivity contribution in [3.05, 3.63) is 33.1 Å². The number of rotatable bonds is 6. The Kier molecular flexibility index (Phi) is 9.59. The smallest absolute Gasteiger partial charge is 0.330 e. The summed E-state index contributed by atoms with van der Waals surface area (Å²) in [6, 6.07) is 1.25. The van der Waals surface area contributed by atoms with Gasteiger partial charge in [0.2, 0.25) is 8.77 Å². The minimum Gasteiger partial charge on any atom is -0.468 e. The van der Waals surface area contributed by atoms with Crippen LogP contribution in [0.15, 0.2) is 21.9 Å². The van der Waals surface area contributed by atoms with Gasteiger partial charge in [-0.15, -0.1) is 0 Å². The fourth-order valence-electron chi connectivity index (χ4n) is 2.79. The first-order valence-electron chi connectivity index (χ1n) is 9.91. The van der Waals surface area contributed by atoms with E-state index in [-0.39, 0.29) is 16.0 Å². The number of aromatic nitrogens is 2. The molecule has 4 atom stereocenters. The number of ether oxygens (including phenoxy) is 3. The minimum absolute atomic E-state index is 0.00209. The number of hydrogen-bond acceptors (Lipinski definition) is 10. The first-order chi connectivity index (χ1) is 14.8. The largest absolute Gasteiger partial charge is 0.468 e. The van der Waals surface area contributed by atoms with E-state index in [0.29, 0.717) is 4.38 Å². The van der Waals surface area contributed by atoms with Crippen LogP contribution in [0.4, 0.5) is 0 Å². The molecule has 0 radical (unpaired) electrons. The average Bonchev–Trinajstić information content (AvgIpc) is 3.02. The van der Waals surface area contributed by atoms with Crippen LogP contribution < -0.4 is 11.2 Å². The zero-order valence-corrected chi connectivity index (χ0v) is 23.5. The molecular weight excluding hydrogens is 509 g/mol. The van der Waals surface area contributed by atoms with E-state index < -0.39 is 44.1 Å². The maximum Gasteiger partial charge on any atom is 0.330 e. The normalized spacial score (nSPS) is 23.7. The van der Waals surface area contributed by atoms with Gasteiger partial charge in [0.25, 0.3) is 5.56 Å². The molecule has 0 spiro atoms. The topological polar surface area (TPSA) is 91.8 Å². The number of thioether (sulfide) groups is 2. The molecule has 0 aromatic carbocycles. The summed E-state index contributed by atoms with van der Waals surface area (Å²) in [6.07, 6.45) is 2.04. The van der Waals surface area contributed by atoms with Crippen LogP contribution in [0.25, 0.3) is 0 Å². The Hall–Kier alpha value is -0.703. The van der Waals surface area contributed by atoms with Crippen molar-refractivity contribution in [3.8, 4) is 0 Å². The van der Waals surface area contributed by atoms with Crippen LogP contribution in [-0.2, 0) is 18.6 Å². The molecule has 0 saturated carbocycles. The molecule has 2 heterocycles. The van der Waals surface area contributed by atoms with E-state index in [1.54, 1.807) is 6.26 Å². The molecule has 8 nitrogen and oxygen atoms in total. The second-order valence-electron chi connectivity index (χ2n) is 8.73. The van der Waals surface area contributed by atoms with Gasteiger partial charge in [0.1, 0.15) is 6.10 Å². The first kappa shape index (κ1) is 27.5. The lowest BCUT2D eigenvalue weighted by molar-refractivity contribution is -0.0500. The molecule has 2 rings (SSSR count). The van der Waals surface area contributed by atoms with E-state index in [1.807, 2.05) is 6.26 Å². The Balaban J connectivity index is 2.44. The summed E-state index contributed by atoms with van der Waals surface area (Å²) in [7, 11) is -2.09. The Morgan fingerprint density at radius 1 is 1.16 bits per heavy atom. The van der Waals surface area contributed by atoms with Gasteiger partial charge in [-0.25, -0.2) is 4.79 Å². The summed E-state index contributed by atoms with van der Waals surface area (Å²) < 4.78 is 26.5. The van der Waals surface area contributed by atoms with Gasteiger partial charge in [-0.3, -0.25) is 14.3 Å². The van der Waals surface area contributed by atoms with Crippen molar-refractivity contribution >= 4 is 65.0 Å². The van der Waals surface area contributed by atoms with Crippen molar-refractivity contribution in [3.63, 3.8) is 0 Å². The van der Waals surface area contributed by atoms with Crippen molar-refractivity contribution in [2.24, 2.45) is 0 Å². The Morgan fingerprint density at radius 2 is 1.72 bits per heavy atom. The van der Waals surface area contributed by atoms with E-state index in [4.69, 9.17) is 43.1 Å². The Morgan fingerprint density at radius 3 is 2.22 bits per heavy atom. The van der Waals surface area contributed by atoms with Gasteiger partial charge in [0, 0.05) is 12.3 Å². The Labute approximate surface area is 208 Å². The number of hydrogen-bond donors (Lipinski definition) is 1. The number of H-pyrrole nitrogens is 1. The predicted molar refractivity (Wildman–Crippen MR) is 140 cm³/mol. The second kappa shape index (κ2) is 11.1. The van der Waals surface area contributed by atoms with E-state index in [2.05, 4.69) is 38.8 Å². The quantitative estimate of drug-likeness (QED) is 0.428. The van der Waals surface area contributed by atoms with E-state index >= 15 is 0 Å². The zero-order valence-electron chi connectivity index (χ0n) is 19.2. The summed E-state index contributed by atoms with van der Waals surface area (Å²) in [4.78, 5) is 26.3. The fraction of sp³-hybridized carbons (Fsp3) is 0.684. The lowest BCUT2D eigenvalue weighted by Crippen LogP contribution is -2.46. The van der Waals surface area contributed by atoms with Crippen LogP contribution in [0.1, 0.15) is 27.0 Å². The highest BCUT2D eigenvalue weighted by molar-refractivity contribution is 8.22. The van der Waals surface area contributed by atoms with Gasteiger partial charge < -0.3 is 18.6 Å². The highest BCUT2D eigenvalue weighted by Gasteiger charge is 2.51. The average molecular weight is 539 g/mol. The van der Waals surface area contributed by atoms with Gasteiger partial charge in [-0.05, 0) is 55.1 Å². The van der Waals surface area contributed by atoms with E-state index in [1.165, 1.54) is 40.4 Å². The molecule has 1 aliphatic heterocycles. The number of aromatic amines is 1. The third-order valence-electron chi connectivity index (χ3n) is 5.62. The highest BCUT2D eigenvalue weighted by atomic mass is 32.2. The monoisotopic (exact) mass is 538 g/mol. The van der Waals surface area contributed by atoms with Crippen molar-refractivity contribution in [2.45, 2.75) is 63.4 Å². The van der Waals surface area contributed by atoms with Crippen molar-refractivity contribution in [2.75, 3.05) is 19.1 Å². The van der Waals surface area contributed by atoms with Gasteiger partial charge in [-0.2, -0.15) is 0 Å². The number of nitrogens with zero attached hydrogens (tertiary/aromatic N) is 1. The number of nitrogens with one attached hydrogen (secondary N) is 1. The molecule has 1 saturated heterocycles. The molecule has 1 aromatic rings. The van der Waals surface area contributed by atoms with Crippen molar-refractivity contribution in [1.29, 1.82) is 0 Å². The lowest BCUT2D eigenvalue weighted by Gasteiger charge is -2.37. The molecule has 0 amide bonds. The third kappa shape index (κ3) is 6.67. The second-order valence-corrected chi connectivity index (χ2v) is 16.4. The lowest BCUT2D eigenvalue weighted by atomic mass is 10.1. The molecule has 0 bridgehead atoms. The van der Waals surface area contributed by atoms with Gasteiger partial charge in [0.15, 0.2) is 26.8 Å². The summed E-state index contributed by atoms with van der Waals surface area (Å²) in [5, 5.41) is 0.00209. The molecule has 1 aromatic heterocycles. The van der Waals surface area contributed by atoms with Crippen LogP contribution in [0, 0.1) is 0 Å². The maximum atomic E-state index is 12.5. The van der Waals surface area contributed by atoms with Crippen molar-refractivity contribution < 1.29 is 18.6 Å². The summed E-state index contributed by atoms with van der Waals surface area (Å²) in [6.45, 7) is 11.0. The third-order valence-corrected chi connectivity index (χ3v) is 12.2. The van der Waals surface area contributed by atoms with Crippen LogP contribution in [0.3, 0.4) is 0 Å². The van der Waals surface area contributed by atoms with Crippen LogP contribution in [0.2, 0.25) is 18.1 Å². The fourth-order valence-corrected chi connectivity index (χ4v) is 4.44. The maximum absolute atomic E-state index is 12.5. The molecule has 13 heteroatoms. The van der Waals surface area contributed by atoms with Gasteiger partial charge in [-0.1, -0.05) is 44.3 Å². The molecule has 1 N–H and O–H groups in total. The standard InChI is InChI=1S/C19H30N2O6S4Si/c1-19(2,3)32(6,7)24-10-11-13(26-17(28)30-4)14(27-18(29)31-5)15(25-11)21-9-8-12(22)20-16(21)23/h8-9,11,13-15H,10H2,1-7H3,(H,20,22,23)/t11-,13-,14-,15-/m1/s1. The molecule has 0 aliphatic carbocycles. The van der Waals surface area contributed by atoms with Crippen molar-refractivity contribution in [1.82, 2.24) is 9.55 Å². The number of thiocarbonyl (C=S) groups is 2. The first-order valence-corrected chi connectivity index (χ1v) is 16.1. The highest BCUT2D eigenvalue weighted by Crippen LogP contribution is 2.39. The summed E-state index contributed by atoms with van der Waals surface area (Å²) in [5.74, 6) is 0. The summed E-state index contributed by atoms with van der Waals surface area (Å²) >= 11 is 13.1. The molecule has 0 unspecified atom stereocenters. The minimum atomic E-state index is -2.09. The van der Waals surface area contributed by atoms with Gasteiger partial charge >= 0.3 is 5.69 Å². The van der Waals surface area contributed by atoms with E-state index in [0.717, 1.165) is 0 Å². The SMILES string of the molecule is CSC(=S)O[C@@H]1[C@H](OC(=S)SC)[C@@H](CO[Si](C)(C)C(C)(C)C)O[C@H]1n1ccc(=O)[nH]c1=O. The van der Waals surface area contributed by atoms with Crippen LogP contribution >= 0.6 is 48.0 Å². The molecule has 180 valence electrons. The van der Waals surface area contributed by atoms with Gasteiger partial charge in [0.05, 0.1) is 6.61 Å². The van der Waals surface area contributed by atoms with Crippen LogP contribution in [-0.4, -0.2) is 64.1 Å². The summed E-state index contributed by atoms with van der Waals surface area (Å²) in [5.41, 5.74) is -1.13. The van der Waals surface area contributed by atoms with Crippen LogP contribution in [0.5, 0.6) is 0 Å². The molecule has 32 heavy (non-hydrogen) atoms. The predicted octanol–water partition coefficient (Wildman–Crippen LogP) is 3.52. The molecule has 1 fully saturated rings. The zero-order chi connectivity index (χ0) is 24.3. The Bertz CT molecular complexity index is 945. The molecule has 1 aliphatic rings. The van der Waals surface area contributed by atoms with E-state index in [9.17, 15) is 9.59 Å². The molecular formula is C19H30N2O6S4Si.